The zero-order valence-electron chi connectivity index (χ0n) is 14.3. The van der Waals surface area contributed by atoms with Crippen molar-refractivity contribution in [1.82, 2.24) is 9.80 Å². The second kappa shape index (κ2) is 8.38. The van der Waals surface area contributed by atoms with Crippen molar-refractivity contribution in [2.45, 2.75) is 38.2 Å². The summed E-state index contributed by atoms with van der Waals surface area (Å²) in [6.45, 7) is 6.40. The molecular formula is C18H25F3N2O2. The molecule has 0 saturated carbocycles. The zero-order valence-corrected chi connectivity index (χ0v) is 14.3. The van der Waals surface area contributed by atoms with Crippen molar-refractivity contribution < 1.29 is 22.6 Å². The molecule has 0 N–H and O–H groups in total. The number of halogens is 3. The number of likely N-dealkylation sites (tertiary alicyclic amines) is 1. The first-order valence-corrected chi connectivity index (χ1v) is 8.88. The van der Waals surface area contributed by atoms with Crippen LogP contribution in [0.2, 0.25) is 0 Å². The number of hydrogen-bond donors (Lipinski definition) is 0. The van der Waals surface area contributed by atoms with Gasteiger partial charge in [-0.15, -0.1) is 13.2 Å². The lowest BCUT2D eigenvalue weighted by Gasteiger charge is -2.39. The van der Waals surface area contributed by atoms with Crippen LogP contribution in [0.25, 0.3) is 0 Å². The predicted octanol–water partition coefficient (Wildman–Crippen LogP) is 3.27. The molecule has 4 nitrogen and oxygen atoms in total. The van der Waals surface area contributed by atoms with Gasteiger partial charge in [-0.2, -0.15) is 0 Å². The molecule has 1 unspecified atom stereocenters. The normalized spacial score (nSPS) is 23.6. The Hall–Kier alpha value is -1.31. The Labute approximate surface area is 146 Å². The molecule has 1 aromatic rings. The minimum Gasteiger partial charge on any atom is -0.406 e. The van der Waals surface area contributed by atoms with Crippen molar-refractivity contribution in [3.63, 3.8) is 0 Å². The lowest BCUT2D eigenvalue weighted by molar-refractivity contribution is -0.274. The summed E-state index contributed by atoms with van der Waals surface area (Å²) in [6, 6.07) is 6.73. The quantitative estimate of drug-likeness (QED) is 0.807. The molecule has 0 aliphatic carbocycles. The number of nitrogens with zero attached hydrogens (tertiary/aromatic N) is 2. The minimum absolute atomic E-state index is 0.167. The highest BCUT2D eigenvalue weighted by molar-refractivity contribution is 5.27. The van der Waals surface area contributed by atoms with Crippen molar-refractivity contribution in [2.75, 3.05) is 39.4 Å². The van der Waals surface area contributed by atoms with Gasteiger partial charge in [0.15, 0.2) is 0 Å². The molecule has 25 heavy (non-hydrogen) atoms. The number of hydrogen-bond acceptors (Lipinski definition) is 4. The van der Waals surface area contributed by atoms with Gasteiger partial charge in [-0.1, -0.05) is 18.6 Å². The van der Waals surface area contributed by atoms with E-state index in [-0.39, 0.29) is 5.75 Å². The van der Waals surface area contributed by atoms with E-state index in [0.29, 0.717) is 6.04 Å². The summed E-state index contributed by atoms with van der Waals surface area (Å²) in [6.07, 6.45) is -1.05. The Balaban J connectivity index is 1.57. The van der Waals surface area contributed by atoms with E-state index in [9.17, 15) is 13.2 Å². The molecule has 1 atom stereocenters. The summed E-state index contributed by atoms with van der Waals surface area (Å²) in [5.41, 5.74) is 1.02. The Morgan fingerprint density at radius 1 is 1.04 bits per heavy atom. The first kappa shape index (κ1) is 18.5. The summed E-state index contributed by atoms with van der Waals surface area (Å²) >= 11 is 0. The van der Waals surface area contributed by atoms with Gasteiger partial charge in [0, 0.05) is 32.2 Å². The van der Waals surface area contributed by atoms with Crippen molar-refractivity contribution >= 4 is 0 Å². The molecule has 2 fully saturated rings. The van der Waals surface area contributed by atoms with Crippen LogP contribution in [0.5, 0.6) is 5.75 Å². The highest BCUT2D eigenvalue weighted by atomic mass is 19.4. The standard InChI is InChI=1S/C18H25F3N2O2/c19-18(20,21)25-17-6-4-15(5-7-17)13-23-8-2-1-3-16(23)14-22-9-11-24-12-10-22/h4-7,16H,1-3,8-14H2. The predicted molar refractivity (Wildman–Crippen MR) is 88.4 cm³/mol. The summed E-state index contributed by atoms with van der Waals surface area (Å²) in [4.78, 5) is 4.91. The molecule has 2 aliphatic heterocycles. The molecule has 1 aromatic carbocycles. The second-order valence-corrected chi connectivity index (χ2v) is 6.72. The van der Waals surface area contributed by atoms with Gasteiger partial charge in [-0.05, 0) is 37.1 Å². The highest BCUT2D eigenvalue weighted by Crippen LogP contribution is 2.25. The number of rotatable bonds is 5. The van der Waals surface area contributed by atoms with Gasteiger partial charge >= 0.3 is 6.36 Å². The van der Waals surface area contributed by atoms with Gasteiger partial charge in [0.25, 0.3) is 0 Å². The smallest absolute Gasteiger partial charge is 0.406 e. The van der Waals surface area contributed by atoms with E-state index in [4.69, 9.17) is 4.74 Å². The van der Waals surface area contributed by atoms with Crippen LogP contribution < -0.4 is 4.74 Å². The molecular weight excluding hydrogens is 333 g/mol. The summed E-state index contributed by atoms with van der Waals surface area (Å²) in [5.74, 6) is -0.167. The second-order valence-electron chi connectivity index (χ2n) is 6.72. The van der Waals surface area contributed by atoms with Crippen LogP contribution in [0.15, 0.2) is 24.3 Å². The molecule has 0 amide bonds. The van der Waals surface area contributed by atoms with E-state index in [1.807, 2.05) is 0 Å². The molecule has 2 aliphatic rings. The highest BCUT2D eigenvalue weighted by Gasteiger charge is 2.31. The van der Waals surface area contributed by atoms with Gasteiger partial charge in [0.1, 0.15) is 5.75 Å². The number of alkyl halides is 3. The Morgan fingerprint density at radius 3 is 2.44 bits per heavy atom. The SMILES string of the molecule is FC(F)(F)Oc1ccc(CN2CCCCC2CN2CCOCC2)cc1. The molecule has 2 saturated heterocycles. The molecule has 0 aromatic heterocycles. The van der Waals surface area contributed by atoms with Crippen LogP contribution >= 0.6 is 0 Å². The molecule has 3 rings (SSSR count). The number of morpholine rings is 1. The first-order chi connectivity index (χ1) is 12.0. The van der Waals surface area contributed by atoms with E-state index in [1.54, 1.807) is 12.1 Å². The molecule has 0 spiro atoms. The average Bonchev–Trinajstić information content (AvgIpc) is 2.58. The molecule has 7 heteroatoms. The fraction of sp³-hybridized carbons (Fsp3) is 0.667. The summed E-state index contributed by atoms with van der Waals surface area (Å²) in [5, 5.41) is 0. The van der Waals surface area contributed by atoms with Crippen LogP contribution in [-0.4, -0.2) is 61.6 Å². The Bertz CT molecular complexity index is 530. The maximum atomic E-state index is 12.2. The van der Waals surface area contributed by atoms with E-state index in [1.165, 1.54) is 31.4 Å². The number of ether oxygens (including phenoxy) is 2. The van der Waals surface area contributed by atoms with Gasteiger partial charge in [-0.25, -0.2) is 0 Å². The maximum absolute atomic E-state index is 12.2. The van der Waals surface area contributed by atoms with E-state index in [0.717, 1.165) is 51.5 Å². The summed E-state index contributed by atoms with van der Waals surface area (Å²) < 4.78 is 46.1. The fourth-order valence-electron chi connectivity index (χ4n) is 3.59. The van der Waals surface area contributed by atoms with E-state index >= 15 is 0 Å². The fourth-order valence-corrected chi connectivity index (χ4v) is 3.59. The Kier molecular flexibility index (Phi) is 6.19. The third kappa shape index (κ3) is 5.87. The Morgan fingerprint density at radius 2 is 1.76 bits per heavy atom. The molecule has 2 heterocycles. The van der Waals surface area contributed by atoms with E-state index in [2.05, 4.69) is 14.5 Å². The van der Waals surface area contributed by atoms with Gasteiger partial charge in [0.2, 0.25) is 0 Å². The van der Waals surface area contributed by atoms with Crippen LogP contribution in [0.3, 0.4) is 0 Å². The van der Waals surface area contributed by atoms with Crippen LogP contribution in [-0.2, 0) is 11.3 Å². The van der Waals surface area contributed by atoms with Gasteiger partial charge in [0.05, 0.1) is 13.2 Å². The topological polar surface area (TPSA) is 24.9 Å². The zero-order chi connectivity index (χ0) is 17.7. The minimum atomic E-state index is -4.64. The van der Waals surface area contributed by atoms with Crippen molar-refractivity contribution in [3.05, 3.63) is 29.8 Å². The van der Waals surface area contributed by atoms with Gasteiger partial charge in [-0.3, -0.25) is 9.80 Å². The molecule has 140 valence electrons. The lowest BCUT2D eigenvalue weighted by atomic mass is 10.0. The van der Waals surface area contributed by atoms with Crippen LogP contribution in [0, 0.1) is 0 Å². The van der Waals surface area contributed by atoms with Crippen LogP contribution in [0.4, 0.5) is 13.2 Å². The van der Waals surface area contributed by atoms with E-state index < -0.39 is 6.36 Å². The molecule has 0 bridgehead atoms. The van der Waals surface area contributed by atoms with Crippen LogP contribution in [0.1, 0.15) is 24.8 Å². The van der Waals surface area contributed by atoms with Crippen molar-refractivity contribution in [1.29, 1.82) is 0 Å². The largest absolute Gasteiger partial charge is 0.573 e. The van der Waals surface area contributed by atoms with Crippen molar-refractivity contribution in [2.24, 2.45) is 0 Å². The maximum Gasteiger partial charge on any atom is 0.573 e. The molecule has 0 radical (unpaired) electrons. The number of piperidine rings is 1. The monoisotopic (exact) mass is 358 g/mol. The van der Waals surface area contributed by atoms with Gasteiger partial charge < -0.3 is 9.47 Å². The first-order valence-electron chi connectivity index (χ1n) is 8.88. The third-order valence-electron chi connectivity index (χ3n) is 4.86. The lowest BCUT2D eigenvalue weighted by Crippen LogP contribution is -2.49. The summed E-state index contributed by atoms with van der Waals surface area (Å²) in [7, 11) is 0. The number of benzene rings is 1. The third-order valence-corrected chi connectivity index (χ3v) is 4.86. The van der Waals surface area contributed by atoms with Crippen molar-refractivity contribution in [3.8, 4) is 5.75 Å². The average molecular weight is 358 g/mol.